The van der Waals surface area contributed by atoms with Gasteiger partial charge in [-0.3, -0.25) is 15.6 Å². The third kappa shape index (κ3) is 3.71. The van der Waals surface area contributed by atoms with Gasteiger partial charge in [0.1, 0.15) is 0 Å². The predicted molar refractivity (Wildman–Crippen MR) is 68.5 cm³/mol. The highest BCUT2D eigenvalue weighted by Gasteiger charge is 2.15. The smallest absolute Gasteiger partial charge is 0.257 e. The van der Waals surface area contributed by atoms with E-state index in [9.17, 15) is 4.79 Å². The highest BCUT2D eigenvalue weighted by molar-refractivity contribution is 5.99. The van der Waals surface area contributed by atoms with E-state index in [0.717, 1.165) is 13.0 Å². The first-order valence-corrected chi connectivity index (χ1v) is 5.72. The van der Waals surface area contributed by atoms with Crippen molar-refractivity contribution in [2.24, 2.45) is 11.8 Å². The summed E-state index contributed by atoms with van der Waals surface area (Å²) < 4.78 is 0. The van der Waals surface area contributed by atoms with Gasteiger partial charge in [0.05, 0.1) is 11.3 Å². The van der Waals surface area contributed by atoms with Gasteiger partial charge in [-0.1, -0.05) is 13.8 Å². The van der Waals surface area contributed by atoms with Crippen LogP contribution in [0.15, 0.2) is 18.5 Å². The first kappa shape index (κ1) is 13.4. The number of anilines is 1. The Morgan fingerprint density at radius 2 is 2.29 bits per heavy atom. The molecule has 0 atom stereocenters. The number of nitrogens with two attached hydrogens (primary N) is 1. The van der Waals surface area contributed by atoms with Crippen molar-refractivity contribution in [2.45, 2.75) is 20.3 Å². The lowest BCUT2D eigenvalue weighted by atomic mass is 10.1. The Balaban J connectivity index is 2.74. The van der Waals surface area contributed by atoms with Crippen molar-refractivity contribution in [1.82, 2.24) is 9.88 Å². The molecule has 5 nitrogen and oxygen atoms in total. The number of nitrogens with one attached hydrogen (secondary N) is 1. The molecule has 0 aliphatic heterocycles. The number of aromatic nitrogens is 1. The van der Waals surface area contributed by atoms with Crippen LogP contribution in [0.5, 0.6) is 0 Å². The maximum Gasteiger partial charge on any atom is 0.257 e. The summed E-state index contributed by atoms with van der Waals surface area (Å²) in [4.78, 5) is 17.8. The summed E-state index contributed by atoms with van der Waals surface area (Å²) in [6.45, 7) is 5.00. The standard InChI is InChI=1S/C12H20N4O/c1-9(2)5-7-16(3)12(17)10-8-14-6-4-11(10)15-13/h4,6,8-9H,5,7,13H2,1-3H3,(H,14,15). The molecule has 0 spiro atoms. The Morgan fingerprint density at radius 3 is 2.88 bits per heavy atom. The van der Waals surface area contributed by atoms with E-state index in [1.165, 1.54) is 6.20 Å². The minimum Gasteiger partial charge on any atom is -0.342 e. The van der Waals surface area contributed by atoms with Crippen LogP contribution in [-0.4, -0.2) is 29.4 Å². The molecule has 17 heavy (non-hydrogen) atoms. The van der Waals surface area contributed by atoms with Crippen LogP contribution in [0.4, 0.5) is 5.69 Å². The largest absolute Gasteiger partial charge is 0.342 e. The van der Waals surface area contributed by atoms with Crippen molar-refractivity contribution < 1.29 is 4.79 Å². The summed E-state index contributed by atoms with van der Waals surface area (Å²) in [5, 5.41) is 0. The molecule has 0 aliphatic carbocycles. The number of hydrogen-bond donors (Lipinski definition) is 2. The summed E-state index contributed by atoms with van der Waals surface area (Å²) in [6.07, 6.45) is 4.11. The van der Waals surface area contributed by atoms with Crippen molar-refractivity contribution in [2.75, 3.05) is 19.0 Å². The van der Waals surface area contributed by atoms with E-state index >= 15 is 0 Å². The molecule has 0 aromatic carbocycles. The molecule has 1 aromatic rings. The maximum absolute atomic E-state index is 12.1. The van der Waals surface area contributed by atoms with E-state index in [2.05, 4.69) is 24.3 Å². The monoisotopic (exact) mass is 236 g/mol. The van der Waals surface area contributed by atoms with Gasteiger partial charge >= 0.3 is 0 Å². The lowest BCUT2D eigenvalue weighted by molar-refractivity contribution is 0.0789. The van der Waals surface area contributed by atoms with Gasteiger partial charge in [-0.15, -0.1) is 0 Å². The summed E-state index contributed by atoms with van der Waals surface area (Å²) in [6, 6.07) is 1.68. The Morgan fingerprint density at radius 1 is 1.59 bits per heavy atom. The minimum absolute atomic E-state index is 0.0632. The maximum atomic E-state index is 12.1. The fourth-order valence-corrected chi connectivity index (χ4v) is 1.45. The normalized spacial score (nSPS) is 10.4. The molecule has 0 radical (unpaired) electrons. The highest BCUT2D eigenvalue weighted by Crippen LogP contribution is 2.14. The SMILES string of the molecule is CC(C)CCN(C)C(=O)c1cnccc1NN. The Hall–Kier alpha value is -1.62. The average Bonchev–Trinajstić information content (AvgIpc) is 2.34. The van der Waals surface area contributed by atoms with Gasteiger partial charge in [0, 0.05) is 26.0 Å². The molecule has 3 N–H and O–H groups in total. The van der Waals surface area contributed by atoms with Crippen molar-refractivity contribution in [3.63, 3.8) is 0 Å². The molecule has 0 unspecified atom stereocenters. The summed E-state index contributed by atoms with van der Waals surface area (Å²) in [5.74, 6) is 5.87. The van der Waals surface area contributed by atoms with Gasteiger partial charge in [-0.05, 0) is 18.4 Å². The van der Waals surface area contributed by atoms with Crippen LogP contribution in [0.2, 0.25) is 0 Å². The van der Waals surface area contributed by atoms with E-state index in [1.54, 1.807) is 24.2 Å². The van der Waals surface area contributed by atoms with Gasteiger partial charge in [-0.2, -0.15) is 0 Å². The average molecular weight is 236 g/mol. The van der Waals surface area contributed by atoms with Gasteiger partial charge in [0.25, 0.3) is 5.91 Å². The van der Waals surface area contributed by atoms with Crippen LogP contribution in [0.1, 0.15) is 30.6 Å². The number of carbonyl (C=O) groups excluding carboxylic acids is 1. The molecule has 0 aliphatic rings. The molecule has 0 fully saturated rings. The number of carbonyl (C=O) groups is 1. The van der Waals surface area contributed by atoms with Crippen molar-refractivity contribution in [1.29, 1.82) is 0 Å². The van der Waals surface area contributed by atoms with Gasteiger partial charge in [0.2, 0.25) is 0 Å². The Labute approximate surface area is 102 Å². The molecule has 0 saturated carbocycles. The third-order valence-corrected chi connectivity index (χ3v) is 2.60. The van der Waals surface area contributed by atoms with E-state index in [4.69, 9.17) is 5.84 Å². The zero-order chi connectivity index (χ0) is 12.8. The second-order valence-electron chi connectivity index (χ2n) is 4.47. The van der Waals surface area contributed by atoms with E-state index in [0.29, 0.717) is 17.2 Å². The molecule has 5 heteroatoms. The number of nitrogen functional groups attached to an aromatic ring is 1. The molecular weight excluding hydrogens is 216 g/mol. The molecular formula is C12H20N4O. The van der Waals surface area contributed by atoms with Crippen LogP contribution >= 0.6 is 0 Å². The second-order valence-corrected chi connectivity index (χ2v) is 4.47. The summed E-state index contributed by atoms with van der Waals surface area (Å²) >= 11 is 0. The Bertz CT molecular complexity index is 379. The fourth-order valence-electron chi connectivity index (χ4n) is 1.45. The van der Waals surface area contributed by atoms with Crippen molar-refractivity contribution in [3.05, 3.63) is 24.0 Å². The lowest BCUT2D eigenvalue weighted by Crippen LogP contribution is -2.29. The topological polar surface area (TPSA) is 71.2 Å². The minimum atomic E-state index is -0.0632. The molecule has 1 rings (SSSR count). The van der Waals surface area contributed by atoms with Crippen molar-refractivity contribution >= 4 is 11.6 Å². The third-order valence-electron chi connectivity index (χ3n) is 2.60. The molecule has 0 saturated heterocycles. The number of rotatable bonds is 5. The van der Waals surface area contributed by atoms with Crippen LogP contribution < -0.4 is 11.3 Å². The van der Waals surface area contributed by atoms with E-state index in [1.807, 2.05) is 0 Å². The molecule has 94 valence electrons. The van der Waals surface area contributed by atoms with Crippen LogP contribution in [0, 0.1) is 5.92 Å². The molecule has 1 heterocycles. The zero-order valence-corrected chi connectivity index (χ0v) is 10.6. The first-order valence-electron chi connectivity index (χ1n) is 5.72. The summed E-state index contributed by atoms with van der Waals surface area (Å²) in [7, 11) is 1.79. The van der Waals surface area contributed by atoms with Crippen molar-refractivity contribution in [3.8, 4) is 0 Å². The van der Waals surface area contributed by atoms with Gasteiger partial charge in [-0.25, -0.2) is 0 Å². The number of hydrogen-bond acceptors (Lipinski definition) is 4. The predicted octanol–water partition coefficient (Wildman–Crippen LogP) is 1.49. The number of hydrazine groups is 1. The van der Waals surface area contributed by atoms with Gasteiger partial charge < -0.3 is 10.3 Å². The van der Waals surface area contributed by atoms with E-state index in [-0.39, 0.29) is 5.91 Å². The Kier molecular flexibility index (Phi) is 4.90. The quantitative estimate of drug-likeness (QED) is 0.600. The van der Waals surface area contributed by atoms with Crippen LogP contribution in [-0.2, 0) is 0 Å². The van der Waals surface area contributed by atoms with Gasteiger partial charge in [0.15, 0.2) is 0 Å². The number of nitrogens with zero attached hydrogens (tertiary/aromatic N) is 2. The molecule has 0 bridgehead atoms. The number of pyridine rings is 1. The molecule has 1 amide bonds. The first-order chi connectivity index (χ1) is 8.06. The lowest BCUT2D eigenvalue weighted by Gasteiger charge is -2.19. The second kappa shape index (κ2) is 6.20. The van der Waals surface area contributed by atoms with Crippen LogP contribution in [0.3, 0.4) is 0 Å². The molecule has 1 aromatic heterocycles. The van der Waals surface area contributed by atoms with E-state index < -0.39 is 0 Å². The fraction of sp³-hybridized carbons (Fsp3) is 0.500. The zero-order valence-electron chi connectivity index (χ0n) is 10.6. The highest BCUT2D eigenvalue weighted by atomic mass is 16.2. The summed E-state index contributed by atoms with van der Waals surface area (Å²) in [5.41, 5.74) is 3.61. The van der Waals surface area contributed by atoms with Crippen LogP contribution in [0.25, 0.3) is 0 Å². The number of amides is 1.